The SMILES string of the molecule is O=C(O)C1=C(CSc2nnnn2CS(=O)(=O)O)CS[C@@H]2[C@@H](NC(=O)[C@@H](O)c3ccccc3)C(=O)N12. The van der Waals surface area contributed by atoms with E-state index in [1.807, 2.05) is 0 Å². The molecule has 1 aromatic carbocycles. The zero-order valence-electron chi connectivity index (χ0n) is 17.6. The number of aromatic nitrogens is 4. The Bertz CT molecular complexity index is 1300. The fourth-order valence-electron chi connectivity index (χ4n) is 3.50. The smallest absolute Gasteiger partial charge is 0.352 e. The number of aliphatic hydroxyl groups is 1. The van der Waals surface area contributed by atoms with Gasteiger partial charge in [-0.1, -0.05) is 42.1 Å². The first-order chi connectivity index (χ1) is 16.6. The zero-order valence-corrected chi connectivity index (χ0v) is 20.0. The molecule has 0 radical (unpaired) electrons. The number of aliphatic hydroxyl groups excluding tert-OH is 1. The number of tetrazole rings is 1. The van der Waals surface area contributed by atoms with Gasteiger partial charge in [0.25, 0.3) is 21.9 Å². The van der Waals surface area contributed by atoms with Crippen molar-refractivity contribution >= 4 is 51.4 Å². The number of thioether (sulfide) groups is 2. The van der Waals surface area contributed by atoms with Gasteiger partial charge in [-0.25, -0.2) is 9.48 Å². The fraction of sp³-hybridized carbons (Fsp3) is 0.333. The minimum atomic E-state index is -4.40. The van der Waals surface area contributed by atoms with Crippen LogP contribution in [0.3, 0.4) is 0 Å². The average Bonchev–Trinajstić information content (AvgIpc) is 3.25. The first-order valence-corrected chi connectivity index (χ1v) is 13.5. The van der Waals surface area contributed by atoms with E-state index < -0.39 is 51.3 Å². The van der Waals surface area contributed by atoms with Crippen molar-refractivity contribution in [3.05, 3.63) is 47.2 Å². The van der Waals surface area contributed by atoms with Gasteiger partial charge < -0.3 is 15.5 Å². The van der Waals surface area contributed by atoms with Crippen LogP contribution < -0.4 is 5.32 Å². The topological polar surface area (TPSA) is 205 Å². The van der Waals surface area contributed by atoms with Crippen molar-refractivity contribution < 1.29 is 37.6 Å². The number of rotatable bonds is 9. The first kappa shape index (κ1) is 25.1. The standard InChI is InChI=1S/C18H18N6O8S3/c25-13(9-4-2-1-3-5-9)14(26)19-11-15(27)24-12(17(28)29)10(6-33-16(11)24)7-34-18-20-21-22-23(18)8-35(30,31)32/h1-5,11,13,16,25H,6-8H2,(H,19,26)(H,28,29)(H,30,31,32)/t11-,13-,16+/m0/s1. The van der Waals surface area contributed by atoms with Crippen molar-refractivity contribution in [2.75, 3.05) is 11.5 Å². The second kappa shape index (κ2) is 9.94. The van der Waals surface area contributed by atoms with E-state index in [2.05, 4.69) is 20.8 Å². The van der Waals surface area contributed by atoms with Gasteiger partial charge >= 0.3 is 5.97 Å². The molecule has 0 bridgehead atoms. The average molecular weight is 543 g/mol. The Hall–Kier alpha value is -2.99. The van der Waals surface area contributed by atoms with Gasteiger partial charge in [0, 0.05) is 11.5 Å². The second-order valence-electron chi connectivity index (χ2n) is 7.43. The van der Waals surface area contributed by atoms with Gasteiger partial charge in [-0.15, -0.1) is 16.9 Å². The summed E-state index contributed by atoms with van der Waals surface area (Å²) < 4.78 is 32.0. The number of fused-ring (bicyclic) bond motifs is 1. The minimum absolute atomic E-state index is 0.0285. The number of nitrogens with one attached hydrogen (secondary N) is 1. The molecular formula is C18H18N6O8S3. The molecule has 0 aliphatic carbocycles. The van der Waals surface area contributed by atoms with E-state index >= 15 is 0 Å². The van der Waals surface area contributed by atoms with E-state index in [0.717, 1.165) is 21.3 Å². The summed E-state index contributed by atoms with van der Waals surface area (Å²) in [5.74, 6) is -3.39. The maximum atomic E-state index is 12.8. The molecule has 4 rings (SSSR count). The highest BCUT2D eigenvalue weighted by atomic mass is 32.2. The van der Waals surface area contributed by atoms with Crippen LogP contribution in [0.25, 0.3) is 0 Å². The highest BCUT2D eigenvalue weighted by molar-refractivity contribution is 8.01. The molecule has 2 aliphatic heterocycles. The van der Waals surface area contributed by atoms with Crippen molar-refractivity contribution in [3.63, 3.8) is 0 Å². The molecule has 3 heterocycles. The van der Waals surface area contributed by atoms with Crippen molar-refractivity contribution in [1.29, 1.82) is 0 Å². The molecule has 35 heavy (non-hydrogen) atoms. The third kappa shape index (κ3) is 5.32. The lowest BCUT2D eigenvalue weighted by atomic mass is 10.0. The van der Waals surface area contributed by atoms with Crippen molar-refractivity contribution in [1.82, 2.24) is 30.4 Å². The van der Waals surface area contributed by atoms with Gasteiger partial charge in [0.15, 0.2) is 12.0 Å². The van der Waals surface area contributed by atoms with Gasteiger partial charge in [0.05, 0.1) is 0 Å². The molecule has 1 aromatic heterocycles. The maximum Gasteiger partial charge on any atom is 0.352 e. The molecule has 14 nitrogen and oxygen atoms in total. The number of nitrogens with zero attached hydrogens (tertiary/aromatic N) is 5. The van der Waals surface area contributed by atoms with Gasteiger partial charge in [0.1, 0.15) is 17.1 Å². The van der Waals surface area contributed by atoms with E-state index in [4.69, 9.17) is 4.55 Å². The Morgan fingerprint density at radius 1 is 1.29 bits per heavy atom. The molecule has 186 valence electrons. The van der Waals surface area contributed by atoms with Gasteiger partial charge in [-0.2, -0.15) is 8.42 Å². The lowest BCUT2D eigenvalue weighted by Crippen LogP contribution is -2.70. The quantitative estimate of drug-likeness (QED) is 0.172. The number of carboxylic acids is 1. The fourth-order valence-corrected chi connectivity index (χ4v) is 6.43. The highest BCUT2D eigenvalue weighted by Crippen LogP contribution is 2.41. The number of hydrogen-bond acceptors (Lipinski definition) is 11. The number of carboxylic acid groups (broad SMARTS) is 1. The van der Waals surface area contributed by atoms with Crippen molar-refractivity contribution in [2.45, 2.75) is 28.6 Å². The summed E-state index contributed by atoms with van der Waals surface area (Å²) in [6.45, 7) is 0. The first-order valence-electron chi connectivity index (χ1n) is 9.84. The van der Waals surface area contributed by atoms with Crippen LogP contribution in [0.15, 0.2) is 46.8 Å². The van der Waals surface area contributed by atoms with E-state index in [1.165, 1.54) is 11.8 Å². The third-order valence-electron chi connectivity index (χ3n) is 5.07. The molecule has 1 fully saturated rings. The summed E-state index contributed by atoms with van der Waals surface area (Å²) in [5.41, 5.74) is 0.480. The van der Waals surface area contributed by atoms with Gasteiger partial charge in [-0.05, 0) is 21.6 Å². The summed E-state index contributed by atoms with van der Waals surface area (Å²) in [6, 6.07) is 7.17. The van der Waals surface area contributed by atoms with E-state index in [1.54, 1.807) is 30.3 Å². The number of carbonyl (C=O) groups is 3. The molecule has 2 aromatic rings. The van der Waals surface area contributed by atoms with Crippen LogP contribution in [0.4, 0.5) is 0 Å². The molecule has 2 aliphatic rings. The predicted molar refractivity (Wildman–Crippen MR) is 121 cm³/mol. The van der Waals surface area contributed by atoms with Crippen LogP contribution >= 0.6 is 23.5 Å². The number of amides is 2. The monoisotopic (exact) mass is 542 g/mol. The highest BCUT2D eigenvalue weighted by Gasteiger charge is 2.54. The molecule has 4 N–H and O–H groups in total. The summed E-state index contributed by atoms with van der Waals surface area (Å²) in [5, 5.41) is 32.4. The minimum Gasteiger partial charge on any atom is -0.477 e. The molecule has 3 atom stereocenters. The third-order valence-corrected chi connectivity index (χ3v) is 8.03. The number of benzene rings is 1. The van der Waals surface area contributed by atoms with Gasteiger partial charge in [0.2, 0.25) is 5.16 Å². The van der Waals surface area contributed by atoms with Gasteiger partial charge in [-0.3, -0.25) is 19.0 Å². The lowest BCUT2D eigenvalue weighted by Gasteiger charge is -2.49. The maximum absolute atomic E-state index is 12.8. The Kier molecular flexibility index (Phi) is 7.13. The number of carbonyl (C=O) groups excluding carboxylic acids is 2. The molecule has 17 heteroatoms. The Balaban J connectivity index is 1.46. The van der Waals surface area contributed by atoms with Crippen LogP contribution in [0.5, 0.6) is 0 Å². The Morgan fingerprint density at radius 2 is 2.00 bits per heavy atom. The molecule has 2 amide bonds. The Labute approximate surface area is 206 Å². The number of hydrogen-bond donors (Lipinski definition) is 4. The Morgan fingerprint density at radius 3 is 2.66 bits per heavy atom. The van der Waals surface area contributed by atoms with Crippen LogP contribution in [0, 0.1) is 0 Å². The van der Waals surface area contributed by atoms with Crippen molar-refractivity contribution in [3.8, 4) is 0 Å². The molecule has 0 spiro atoms. The van der Waals surface area contributed by atoms with E-state index in [9.17, 15) is 33.0 Å². The van der Waals surface area contributed by atoms with Crippen LogP contribution in [-0.2, 0) is 30.4 Å². The van der Waals surface area contributed by atoms with Crippen LogP contribution in [0.1, 0.15) is 11.7 Å². The summed E-state index contributed by atoms with van der Waals surface area (Å²) in [7, 11) is -4.40. The van der Waals surface area contributed by atoms with E-state index in [0.29, 0.717) is 11.1 Å². The predicted octanol–water partition coefficient (Wildman–Crippen LogP) is -0.917. The zero-order chi connectivity index (χ0) is 25.3. The molecule has 0 saturated carbocycles. The molecule has 1 saturated heterocycles. The summed E-state index contributed by atoms with van der Waals surface area (Å²) in [6.07, 6.45) is -1.48. The lowest BCUT2D eigenvalue weighted by molar-refractivity contribution is -0.151. The summed E-state index contributed by atoms with van der Waals surface area (Å²) >= 11 is 2.17. The van der Waals surface area contributed by atoms with Crippen molar-refractivity contribution in [2.24, 2.45) is 0 Å². The normalized spacial score (nSPS) is 20.7. The van der Waals surface area contributed by atoms with Crippen LogP contribution in [0.2, 0.25) is 0 Å². The molecular weight excluding hydrogens is 524 g/mol. The summed E-state index contributed by atoms with van der Waals surface area (Å²) in [4.78, 5) is 38.3. The second-order valence-corrected chi connectivity index (χ2v) is 10.9. The van der Waals surface area contributed by atoms with Crippen LogP contribution in [-0.4, -0.2) is 89.0 Å². The molecule has 0 unspecified atom stereocenters. The number of β-lactam (4-membered cyclic amide) rings is 1. The number of aliphatic carboxylic acids is 1. The largest absolute Gasteiger partial charge is 0.477 e. The van der Waals surface area contributed by atoms with E-state index in [-0.39, 0.29) is 22.4 Å².